The first-order chi connectivity index (χ1) is 15.3. The highest BCUT2D eigenvalue weighted by molar-refractivity contribution is 6.39. The maximum atomic E-state index is 12.7. The Labute approximate surface area is 197 Å². The molecule has 32 heavy (non-hydrogen) atoms. The average molecular weight is 474 g/mol. The second kappa shape index (κ2) is 10.6. The second-order valence-electron chi connectivity index (χ2n) is 7.41. The number of halogens is 2. The number of aromatic nitrogens is 2. The highest BCUT2D eigenvalue weighted by atomic mass is 35.5. The third kappa shape index (κ3) is 6.09. The summed E-state index contributed by atoms with van der Waals surface area (Å²) < 4.78 is 1.69. The lowest BCUT2D eigenvalue weighted by atomic mass is 10.2. The molecule has 168 valence electrons. The minimum absolute atomic E-state index is 0.0156. The molecule has 9 heteroatoms. The van der Waals surface area contributed by atoms with Gasteiger partial charge >= 0.3 is 0 Å². The van der Waals surface area contributed by atoms with Gasteiger partial charge in [-0.3, -0.25) is 14.5 Å². The molecule has 1 heterocycles. The molecule has 0 radical (unpaired) electrons. The van der Waals surface area contributed by atoms with E-state index in [0.717, 1.165) is 16.9 Å². The molecule has 0 aliphatic rings. The largest absolute Gasteiger partial charge is 0.322 e. The van der Waals surface area contributed by atoms with Gasteiger partial charge < -0.3 is 10.6 Å². The van der Waals surface area contributed by atoms with Gasteiger partial charge in [-0.25, -0.2) is 4.68 Å². The molecule has 1 aromatic heterocycles. The van der Waals surface area contributed by atoms with Gasteiger partial charge in [0.2, 0.25) is 11.8 Å². The van der Waals surface area contributed by atoms with Crippen molar-refractivity contribution in [2.75, 3.05) is 30.3 Å². The molecule has 0 aliphatic heterocycles. The Morgan fingerprint density at radius 2 is 1.56 bits per heavy atom. The van der Waals surface area contributed by atoms with Crippen molar-refractivity contribution < 1.29 is 9.59 Å². The van der Waals surface area contributed by atoms with Crippen LogP contribution in [0.2, 0.25) is 10.0 Å². The van der Waals surface area contributed by atoms with Crippen molar-refractivity contribution in [2.24, 2.45) is 0 Å². The maximum absolute atomic E-state index is 12.7. The van der Waals surface area contributed by atoms with E-state index in [1.165, 1.54) is 0 Å². The maximum Gasteiger partial charge on any atom is 0.239 e. The van der Waals surface area contributed by atoms with Crippen molar-refractivity contribution in [3.8, 4) is 5.69 Å². The van der Waals surface area contributed by atoms with Gasteiger partial charge in [0.05, 0.1) is 40.2 Å². The number of aryl methyl sites for hydroxylation is 2. The highest BCUT2D eigenvalue weighted by Gasteiger charge is 2.17. The van der Waals surface area contributed by atoms with Gasteiger partial charge in [0.25, 0.3) is 0 Å². The predicted molar refractivity (Wildman–Crippen MR) is 129 cm³/mol. The fourth-order valence-electron chi connectivity index (χ4n) is 3.14. The number of carbonyl (C=O) groups is 2. The van der Waals surface area contributed by atoms with E-state index < -0.39 is 0 Å². The van der Waals surface area contributed by atoms with Crippen LogP contribution in [-0.4, -0.2) is 46.1 Å². The van der Waals surface area contributed by atoms with Crippen LogP contribution < -0.4 is 10.6 Å². The first-order valence-corrected chi connectivity index (χ1v) is 10.9. The number of nitrogens with one attached hydrogen (secondary N) is 2. The molecular weight excluding hydrogens is 449 g/mol. The number of nitrogens with zero attached hydrogens (tertiary/aromatic N) is 3. The standard InChI is InChI=1S/C23H25Cl2N5O2/c1-4-29(14-22(32)27-23-18(24)6-5-7-19(23)25)13-21(31)26-20-12-16(3)28-30(20)17-10-8-15(2)9-11-17/h5-12H,4,13-14H2,1-3H3,(H,26,31)(H,27,32). The van der Waals surface area contributed by atoms with Crippen LogP contribution >= 0.6 is 23.2 Å². The van der Waals surface area contributed by atoms with E-state index >= 15 is 0 Å². The summed E-state index contributed by atoms with van der Waals surface area (Å²) in [6, 6.07) is 14.7. The summed E-state index contributed by atoms with van der Waals surface area (Å²) in [4.78, 5) is 26.9. The van der Waals surface area contributed by atoms with Crippen LogP contribution in [0.15, 0.2) is 48.5 Å². The van der Waals surface area contributed by atoms with Crippen molar-refractivity contribution in [3.63, 3.8) is 0 Å². The molecular formula is C23H25Cl2N5O2. The molecule has 3 rings (SSSR count). The van der Waals surface area contributed by atoms with Gasteiger partial charge in [0.15, 0.2) is 0 Å². The Hall–Kier alpha value is -2.87. The van der Waals surface area contributed by atoms with Crippen LogP contribution in [0.25, 0.3) is 5.69 Å². The molecule has 0 bridgehead atoms. The molecule has 0 fully saturated rings. The normalized spacial score (nSPS) is 10.9. The Kier molecular flexibility index (Phi) is 7.90. The van der Waals surface area contributed by atoms with E-state index in [2.05, 4.69) is 15.7 Å². The van der Waals surface area contributed by atoms with E-state index in [0.29, 0.717) is 28.1 Å². The zero-order valence-corrected chi connectivity index (χ0v) is 19.7. The number of likely N-dealkylation sites (N-methyl/N-ethyl adjacent to an activating group) is 1. The van der Waals surface area contributed by atoms with E-state index in [1.54, 1.807) is 33.8 Å². The smallest absolute Gasteiger partial charge is 0.239 e. The van der Waals surface area contributed by atoms with Crippen LogP contribution in [0.1, 0.15) is 18.2 Å². The summed E-state index contributed by atoms with van der Waals surface area (Å²) in [6.07, 6.45) is 0. The first-order valence-electron chi connectivity index (χ1n) is 10.2. The quantitative estimate of drug-likeness (QED) is 0.496. The number of rotatable bonds is 8. The fraction of sp³-hybridized carbons (Fsp3) is 0.261. The molecule has 2 aromatic carbocycles. The van der Waals surface area contributed by atoms with Crippen LogP contribution in [0.4, 0.5) is 11.5 Å². The molecule has 0 saturated heterocycles. The second-order valence-corrected chi connectivity index (χ2v) is 8.23. The van der Waals surface area contributed by atoms with E-state index in [9.17, 15) is 9.59 Å². The van der Waals surface area contributed by atoms with E-state index in [-0.39, 0.29) is 24.9 Å². The van der Waals surface area contributed by atoms with Gasteiger partial charge in [-0.1, -0.05) is 53.9 Å². The zero-order chi connectivity index (χ0) is 23.3. The van der Waals surface area contributed by atoms with Crippen LogP contribution in [0.5, 0.6) is 0 Å². The Balaban J connectivity index is 1.63. The summed E-state index contributed by atoms with van der Waals surface area (Å²) >= 11 is 12.2. The molecule has 0 spiro atoms. The Morgan fingerprint density at radius 3 is 2.16 bits per heavy atom. The first kappa shape index (κ1) is 23.8. The fourth-order valence-corrected chi connectivity index (χ4v) is 3.63. The monoisotopic (exact) mass is 473 g/mol. The molecule has 2 amide bonds. The number of para-hydroxylation sites is 1. The van der Waals surface area contributed by atoms with E-state index in [1.807, 2.05) is 45.0 Å². The summed E-state index contributed by atoms with van der Waals surface area (Å²) in [5, 5.41) is 10.8. The number of anilines is 2. The Bertz CT molecular complexity index is 1090. The molecule has 0 saturated carbocycles. The summed E-state index contributed by atoms with van der Waals surface area (Å²) in [6.45, 7) is 6.32. The lowest BCUT2D eigenvalue weighted by molar-refractivity contribution is -0.119. The van der Waals surface area contributed by atoms with Crippen LogP contribution in [0, 0.1) is 13.8 Å². The van der Waals surface area contributed by atoms with Gasteiger partial charge in [0.1, 0.15) is 5.82 Å². The molecule has 0 aliphatic carbocycles. The lowest BCUT2D eigenvalue weighted by Crippen LogP contribution is -2.39. The number of benzene rings is 2. The molecule has 0 atom stereocenters. The minimum atomic E-state index is -0.310. The van der Waals surface area contributed by atoms with E-state index in [4.69, 9.17) is 23.2 Å². The third-order valence-electron chi connectivity index (χ3n) is 4.79. The summed E-state index contributed by atoms with van der Waals surface area (Å²) in [5.41, 5.74) is 3.13. The van der Waals surface area contributed by atoms with Crippen molar-refractivity contribution in [1.29, 1.82) is 0 Å². The number of amides is 2. The topological polar surface area (TPSA) is 79.3 Å². The van der Waals surface area contributed by atoms with Crippen molar-refractivity contribution in [2.45, 2.75) is 20.8 Å². The van der Waals surface area contributed by atoms with Crippen LogP contribution in [-0.2, 0) is 9.59 Å². The van der Waals surface area contributed by atoms with Crippen molar-refractivity contribution >= 4 is 46.5 Å². The molecule has 2 N–H and O–H groups in total. The predicted octanol–water partition coefficient (Wildman–Crippen LogP) is 4.70. The van der Waals surface area contributed by atoms with Gasteiger partial charge in [0, 0.05) is 6.07 Å². The SMILES string of the molecule is CCN(CC(=O)Nc1c(Cl)cccc1Cl)CC(=O)Nc1cc(C)nn1-c1ccc(C)cc1. The van der Waals surface area contributed by atoms with Gasteiger partial charge in [-0.15, -0.1) is 0 Å². The number of hydrogen-bond acceptors (Lipinski definition) is 4. The zero-order valence-electron chi connectivity index (χ0n) is 18.2. The average Bonchev–Trinajstić information content (AvgIpc) is 3.10. The highest BCUT2D eigenvalue weighted by Crippen LogP contribution is 2.29. The van der Waals surface area contributed by atoms with Crippen molar-refractivity contribution in [3.05, 3.63) is 69.8 Å². The van der Waals surface area contributed by atoms with Crippen LogP contribution in [0.3, 0.4) is 0 Å². The molecule has 3 aromatic rings. The third-order valence-corrected chi connectivity index (χ3v) is 5.42. The van der Waals surface area contributed by atoms with Crippen molar-refractivity contribution in [1.82, 2.24) is 14.7 Å². The van der Waals surface area contributed by atoms with Gasteiger partial charge in [-0.2, -0.15) is 5.10 Å². The minimum Gasteiger partial charge on any atom is -0.322 e. The lowest BCUT2D eigenvalue weighted by Gasteiger charge is -2.20. The van der Waals surface area contributed by atoms with Gasteiger partial charge in [-0.05, 0) is 44.7 Å². The number of hydrogen-bond donors (Lipinski definition) is 2. The molecule has 7 nitrogen and oxygen atoms in total. The summed E-state index contributed by atoms with van der Waals surface area (Å²) in [5.74, 6) is 0.0126. The number of carbonyl (C=O) groups excluding carboxylic acids is 2. The summed E-state index contributed by atoms with van der Waals surface area (Å²) in [7, 11) is 0. The molecule has 0 unspecified atom stereocenters. The Morgan fingerprint density at radius 1 is 0.969 bits per heavy atom.